The summed E-state index contributed by atoms with van der Waals surface area (Å²) in [7, 11) is 0. The van der Waals surface area contributed by atoms with E-state index in [9.17, 15) is 0 Å². The molecule has 1 spiro atoms. The van der Waals surface area contributed by atoms with Crippen molar-refractivity contribution in [1.82, 2.24) is 19.6 Å². The van der Waals surface area contributed by atoms with Crippen molar-refractivity contribution in [2.75, 3.05) is 52.4 Å². The van der Waals surface area contributed by atoms with Gasteiger partial charge in [0, 0.05) is 26.2 Å². The van der Waals surface area contributed by atoms with Gasteiger partial charge in [-0.25, -0.2) is 0 Å². The molecule has 0 aromatic heterocycles. The van der Waals surface area contributed by atoms with E-state index < -0.39 is 0 Å². The summed E-state index contributed by atoms with van der Waals surface area (Å²) in [6, 6.07) is 29.7. The lowest BCUT2D eigenvalue weighted by Crippen LogP contribution is -2.28. The second kappa shape index (κ2) is 15.3. The summed E-state index contributed by atoms with van der Waals surface area (Å²) in [5.74, 6) is 0. The van der Waals surface area contributed by atoms with E-state index in [-0.39, 0.29) is 5.41 Å². The van der Waals surface area contributed by atoms with Gasteiger partial charge in [0.25, 0.3) is 0 Å². The molecule has 2 aliphatic carbocycles. The molecular weight excluding hydrogens is 597 g/mol. The summed E-state index contributed by atoms with van der Waals surface area (Å²) >= 11 is 0. The lowest BCUT2D eigenvalue weighted by molar-refractivity contribution is 0.295. The topological polar surface area (TPSA) is 13.0 Å². The van der Waals surface area contributed by atoms with Gasteiger partial charge in [0.2, 0.25) is 0 Å². The molecule has 4 aromatic rings. The summed E-state index contributed by atoms with van der Waals surface area (Å²) in [6.07, 6.45) is 0. The SMILES string of the molecule is CCN(CC)Cc1ccc2c(c1)C1(c3cc(CN(CC)CC)ccc3-2)c2cc(CN(CC)CC)ccc2-c2ccc(CN(CC)CC)cc21. The zero-order valence-electron chi connectivity index (χ0n) is 31.7. The van der Waals surface area contributed by atoms with Crippen LogP contribution in [0.15, 0.2) is 72.8 Å². The van der Waals surface area contributed by atoms with E-state index in [1.165, 1.54) is 66.8 Å². The molecule has 2 aliphatic rings. The van der Waals surface area contributed by atoms with E-state index in [0.29, 0.717) is 0 Å². The standard InChI is InChI=1S/C45H60N4/c1-9-46(10-2)29-33-17-21-37-38-22-18-34(30-47(11-3)12-4)26-42(38)45(41(37)25-33)43-27-35(31-48(13-5)14-6)19-23-39(43)40-24-20-36(28-44(40)45)32-49(15-7)16-8/h17-28H,9-16,29-32H2,1-8H3. The molecule has 0 aliphatic heterocycles. The van der Waals surface area contributed by atoms with Crippen LogP contribution in [-0.2, 0) is 31.6 Å². The first-order valence-electron chi connectivity index (χ1n) is 19.3. The molecule has 0 saturated heterocycles. The van der Waals surface area contributed by atoms with Gasteiger partial charge in [-0.05, 0) is 119 Å². The van der Waals surface area contributed by atoms with Crippen molar-refractivity contribution in [3.63, 3.8) is 0 Å². The van der Waals surface area contributed by atoms with Crippen molar-refractivity contribution >= 4 is 0 Å². The van der Waals surface area contributed by atoms with Crippen LogP contribution in [0.3, 0.4) is 0 Å². The van der Waals surface area contributed by atoms with Gasteiger partial charge >= 0.3 is 0 Å². The fourth-order valence-electron chi connectivity index (χ4n) is 8.63. The van der Waals surface area contributed by atoms with Crippen LogP contribution in [0.5, 0.6) is 0 Å². The second-order valence-corrected chi connectivity index (χ2v) is 14.1. The molecular formula is C45H60N4. The average molecular weight is 657 g/mol. The highest BCUT2D eigenvalue weighted by Crippen LogP contribution is 2.63. The summed E-state index contributed by atoms with van der Waals surface area (Å²) in [6.45, 7) is 30.6. The zero-order valence-corrected chi connectivity index (χ0v) is 31.7. The average Bonchev–Trinajstić information content (AvgIpc) is 3.59. The minimum Gasteiger partial charge on any atom is -0.300 e. The highest BCUT2D eigenvalue weighted by atomic mass is 15.1. The predicted octanol–water partition coefficient (Wildman–Crippen LogP) is 9.40. The molecule has 0 N–H and O–H groups in total. The molecule has 0 saturated carbocycles. The quantitative estimate of drug-likeness (QED) is 0.103. The van der Waals surface area contributed by atoms with E-state index in [1.54, 1.807) is 0 Å². The number of benzene rings is 4. The molecule has 0 unspecified atom stereocenters. The van der Waals surface area contributed by atoms with Gasteiger partial charge in [-0.15, -0.1) is 0 Å². The summed E-state index contributed by atoms with van der Waals surface area (Å²) in [5.41, 5.74) is 16.7. The van der Waals surface area contributed by atoms with E-state index >= 15 is 0 Å². The van der Waals surface area contributed by atoms with Gasteiger partial charge in [-0.2, -0.15) is 0 Å². The normalized spacial score (nSPS) is 14.0. The third-order valence-corrected chi connectivity index (χ3v) is 11.7. The molecule has 0 atom stereocenters. The number of hydrogen-bond acceptors (Lipinski definition) is 4. The monoisotopic (exact) mass is 656 g/mol. The Balaban J connectivity index is 1.66. The lowest BCUT2D eigenvalue weighted by Gasteiger charge is -2.32. The largest absolute Gasteiger partial charge is 0.300 e. The van der Waals surface area contributed by atoms with E-state index in [1.807, 2.05) is 0 Å². The van der Waals surface area contributed by atoms with Crippen molar-refractivity contribution < 1.29 is 0 Å². The highest BCUT2D eigenvalue weighted by Gasteiger charge is 2.52. The molecule has 0 bridgehead atoms. The van der Waals surface area contributed by atoms with Crippen LogP contribution in [0.4, 0.5) is 0 Å². The van der Waals surface area contributed by atoms with Crippen LogP contribution < -0.4 is 0 Å². The van der Waals surface area contributed by atoms with E-state index in [2.05, 4.69) is 148 Å². The van der Waals surface area contributed by atoms with Crippen molar-refractivity contribution in [2.45, 2.75) is 87.0 Å². The molecule has 0 amide bonds. The maximum Gasteiger partial charge on any atom is 0.0725 e. The Labute approximate surface area is 297 Å². The minimum atomic E-state index is -0.355. The third kappa shape index (κ3) is 6.42. The number of hydrogen-bond donors (Lipinski definition) is 0. The first kappa shape index (κ1) is 35.5. The molecule has 0 fully saturated rings. The molecule has 6 rings (SSSR count). The predicted molar refractivity (Wildman–Crippen MR) is 209 cm³/mol. The highest BCUT2D eigenvalue weighted by molar-refractivity contribution is 5.95. The van der Waals surface area contributed by atoms with Crippen LogP contribution in [0.25, 0.3) is 22.3 Å². The number of nitrogens with zero attached hydrogens (tertiary/aromatic N) is 4. The maximum absolute atomic E-state index is 2.59. The van der Waals surface area contributed by atoms with Crippen LogP contribution in [0.2, 0.25) is 0 Å². The fourth-order valence-corrected chi connectivity index (χ4v) is 8.63. The summed E-state index contributed by atoms with van der Waals surface area (Å²) in [4.78, 5) is 10.2. The number of rotatable bonds is 16. The Morgan fingerprint density at radius 3 is 0.714 bits per heavy atom. The zero-order chi connectivity index (χ0) is 34.7. The fraction of sp³-hybridized carbons (Fsp3) is 0.467. The lowest BCUT2D eigenvalue weighted by atomic mass is 9.69. The van der Waals surface area contributed by atoms with Gasteiger partial charge < -0.3 is 0 Å². The van der Waals surface area contributed by atoms with Crippen molar-refractivity contribution in [1.29, 1.82) is 0 Å². The Hall–Kier alpha value is -3.28. The maximum atomic E-state index is 2.59. The Kier molecular flexibility index (Phi) is 11.1. The smallest absolute Gasteiger partial charge is 0.0725 e. The molecule has 0 radical (unpaired) electrons. The van der Waals surface area contributed by atoms with E-state index in [0.717, 1.165) is 78.5 Å². The van der Waals surface area contributed by atoms with Crippen LogP contribution in [0, 0.1) is 0 Å². The molecule has 4 heteroatoms. The Morgan fingerprint density at radius 1 is 0.327 bits per heavy atom. The third-order valence-electron chi connectivity index (χ3n) is 11.7. The van der Waals surface area contributed by atoms with Gasteiger partial charge in [0.1, 0.15) is 0 Å². The molecule has 4 nitrogen and oxygen atoms in total. The minimum absolute atomic E-state index is 0.355. The molecule has 4 aromatic carbocycles. The summed E-state index contributed by atoms with van der Waals surface area (Å²) in [5, 5.41) is 0. The van der Waals surface area contributed by atoms with Crippen molar-refractivity contribution in [3.8, 4) is 22.3 Å². The first-order chi connectivity index (χ1) is 23.9. The first-order valence-corrected chi connectivity index (χ1v) is 19.3. The Morgan fingerprint density at radius 2 is 0.531 bits per heavy atom. The Bertz CT molecular complexity index is 1480. The van der Waals surface area contributed by atoms with Gasteiger partial charge in [-0.3, -0.25) is 19.6 Å². The molecule has 49 heavy (non-hydrogen) atoms. The van der Waals surface area contributed by atoms with E-state index in [4.69, 9.17) is 0 Å². The van der Waals surface area contributed by atoms with Crippen molar-refractivity contribution in [3.05, 3.63) is 117 Å². The van der Waals surface area contributed by atoms with Gasteiger partial charge in [0.15, 0.2) is 0 Å². The summed E-state index contributed by atoms with van der Waals surface area (Å²) < 4.78 is 0. The van der Waals surface area contributed by atoms with Crippen LogP contribution >= 0.6 is 0 Å². The molecule has 0 heterocycles. The number of fused-ring (bicyclic) bond motifs is 10. The van der Waals surface area contributed by atoms with Crippen LogP contribution in [-0.4, -0.2) is 72.0 Å². The second-order valence-electron chi connectivity index (χ2n) is 14.1. The van der Waals surface area contributed by atoms with Crippen molar-refractivity contribution in [2.24, 2.45) is 0 Å². The molecule has 260 valence electrons. The van der Waals surface area contributed by atoms with Gasteiger partial charge in [0.05, 0.1) is 5.41 Å². The van der Waals surface area contributed by atoms with Gasteiger partial charge in [-0.1, -0.05) is 128 Å². The van der Waals surface area contributed by atoms with Crippen LogP contribution in [0.1, 0.15) is 99.9 Å².